The largest absolute Gasteiger partial charge is 0.392 e. The summed E-state index contributed by atoms with van der Waals surface area (Å²) in [6.07, 6.45) is 5.25. The van der Waals surface area contributed by atoms with Crippen LogP contribution >= 0.6 is 0 Å². The number of β-amino-alcohol motifs (C(OH)–C–C–N with tert-alkyl or cyclic N) is 1. The first kappa shape index (κ1) is 14.0. The third-order valence-electron chi connectivity index (χ3n) is 4.94. The number of hydrogen-bond donors (Lipinski definition) is 2. The van der Waals surface area contributed by atoms with Gasteiger partial charge in [0, 0.05) is 12.5 Å². The summed E-state index contributed by atoms with van der Waals surface area (Å²) in [5.41, 5.74) is 0. The Hall–Kier alpha value is -0.940. The van der Waals surface area contributed by atoms with Gasteiger partial charge in [0.1, 0.15) is 0 Å². The van der Waals surface area contributed by atoms with E-state index in [-0.39, 0.29) is 12.1 Å². The summed E-state index contributed by atoms with van der Waals surface area (Å²) in [7, 11) is 0. The first-order chi connectivity index (χ1) is 9.63. The van der Waals surface area contributed by atoms with Crippen molar-refractivity contribution in [2.45, 2.75) is 64.0 Å². The third kappa shape index (κ3) is 2.88. The number of aromatic nitrogens is 2. The lowest BCUT2D eigenvalue weighted by Gasteiger charge is -2.29. The van der Waals surface area contributed by atoms with Crippen LogP contribution < -0.4 is 5.32 Å². The topological polar surface area (TPSA) is 71.2 Å². The lowest BCUT2D eigenvalue weighted by atomic mass is 9.77. The fourth-order valence-corrected chi connectivity index (χ4v) is 3.50. The van der Waals surface area contributed by atoms with Crippen molar-refractivity contribution in [2.24, 2.45) is 11.8 Å². The van der Waals surface area contributed by atoms with Gasteiger partial charge in [-0.3, -0.25) is 0 Å². The summed E-state index contributed by atoms with van der Waals surface area (Å²) in [4.78, 5) is 4.57. The van der Waals surface area contributed by atoms with Crippen LogP contribution in [0.3, 0.4) is 0 Å². The molecule has 112 valence electrons. The van der Waals surface area contributed by atoms with E-state index in [2.05, 4.69) is 29.3 Å². The Kier molecular flexibility index (Phi) is 4.08. The molecule has 2 unspecified atom stereocenters. The van der Waals surface area contributed by atoms with Gasteiger partial charge in [-0.15, -0.1) is 0 Å². The van der Waals surface area contributed by atoms with Crippen molar-refractivity contribution in [2.75, 3.05) is 6.54 Å². The van der Waals surface area contributed by atoms with Gasteiger partial charge in [0.05, 0.1) is 12.1 Å². The Morgan fingerprint density at radius 1 is 1.25 bits per heavy atom. The zero-order valence-corrected chi connectivity index (χ0v) is 12.4. The minimum absolute atomic E-state index is 0.0262. The second-order valence-electron chi connectivity index (χ2n) is 6.70. The van der Waals surface area contributed by atoms with Crippen molar-refractivity contribution in [1.82, 2.24) is 15.5 Å². The van der Waals surface area contributed by atoms with Gasteiger partial charge in [0.25, 0.3) is 0 Å². The molecule has 5 nitrogen and oxygen atoms in total. The van der Waals surface area contributed by atoms with E-state index in [1.807, 2.05) is 0 Å². The Morgan fingerprint density at radius 3 is 2.60 bits per heavy atom. The molecule has 0 spiro atoms. The van der Waals surface area contributed by atoms with Crippen LogP contribution in [-0.2, 0) is 0 Å². The molecule has 1 aliphatic carbocycles. The highest BCUT2D eigenvalue weighted by molar-refractivity contribution is 5.02. The highest BCUT2D eigenvalue weighted by Gasteiger charge is 2.31. The Labute approximate surface area is 120 Å². The van der Waals surface area contributed by atoms with Gasteiger partial charge in [-0.25, -0.2) is 0 Å². The van der Waals surface area contributed by atoms with Gasteiger partial charge in [0.2, 0.25) is 5.89 Å². The van der Waals surface area contributed by atoms with Crippen LogP contribution in [0.15, 0.2) is 4.52 Å². The molecule has 2 aliphatic rings. The predicted octanol–water partition coefficient (Wildman–Crippen LogP) is 2.39. The number of aliphatic hydroxyl groups excluding tert-OH is 1. The molecule has 1 aromatic rings. The molecule has 0 amide bonds. The van der Waals surface area contributed by atoms with Crippen LogP contribution in [0.25, 0.3) is 0 Å². The van der Waals surface area contributed by atoms with Crippen molar-refractivity contribution < 1.29 is 9.63 Å². The Morgan fingerprint density at radius 2 is 2.00 bits per heavy atom. The van der Waals surface area contributed by atoms with Gasteiger partial charge >= 0.3 is 0 Å². The first-order valence-corrected chi connectivity index (χ1v) is 7.88. The second-order valence-corrected chi connectivity index (χ2v) is 6.70. The molecule has 0 aromatic carbocycles. The van der Waals surface area contributed by atoms with Crippen LogP contribution in [0, 0.1) is 11.8 Å². The molecule has 2 atom stereocenters. The molecule has 0 radical (unpaired) electrons. The van der Waals surface area contributed by atoms with Crippen LogP contribution in [0.2, 0.25) is 0 Å². The van der Waals surface area contributed by atoms with Gasteiger partial charge in [0.15, 0.2) is 5.82 Å². The molecule has 1 aromatic heterocycles. The fraction of sp³-hybridized carbons (Fsp3) is 0.867. The maximum atomic E-state index is 9.55. The summed E-state index contributed by atoms with van der Waals surface area (Å²) >= 11 is 0. The first-order valence-electron chi connectivity index (χ1n) is 7.88. The average molecular weight is 279 g/mol. The molecule has 3 rings (SSSR count). The number of nitrogens with one attached hydrogen (secondary N) is 1. The lowest BCUT2D eigenvalue weighted by molar-refractivity contribution is 0.191. The minimum atomic E-state index is -0.295. The van der Waals surface area contributed by atoms with E-state index in [4.69, 9.17) is 4.52 Å². The van der Waals surface area contributed by atoms with E-state index >= 15 is 0 Å². The van der Waals surface area contributed by atoms with E-state index in [9.17, 15) is 5.11 Å². The van der Waals surface area contributed by atoms with E-state index in [1.165, 1.54) is 25.7 Å². The van der Waals surface area contributed by atoms with Crippen LogP contribution in [0.1, 0.15) is 69.6 Å². The molecular formula is C15H25N3O2. The van der Waals surface area contributed by atoms with Crippen LogP contribution in [-0.4, -0.2) is 27.9 Å². The predicted molar refractivity (Wildman–Crippen MR) is 75.2 cm³/mol. The zero-order chi connectivity index (χ0) is 14.1. The maximum absolute atomic E-state index is 9.55. The maximum Gasteiger partial charge on any atom is 0.243 e. The molecule has 1 aliphatic heterocycles. The normalized spacial score (nSPS) is 34.8. The zero-order valence-electron chi connectivity index (χ0n) is 12.4. The molecule has 20 heavy (non-hydrogen) atoms. The van der Waals surface area contributed by atoms with Gasteiger partial charge < -0.3 is 14.9 Å². The van der Waals surface area contributed by atoms with Gasteiger partial charge in [-0.2, -0.15) is 4.98 Å². The molecule has 1 saturated carbocycles. The monoisotopic (exact) mass is 279 g/mol. The number of nitrogens with zero attached hydrogens (tertiary/aromatic N) is 2. The molecule has 2 N–H and O–H groups in total. The Balaban J connectivity index is 1.60. The molecular weight excluding hydrogens is 254 g/mol. The van der Waals surface area contributed by atoms with Crippen molar-refractivity contribution in [3.05, 3.63) is 11.7 Å². The molecule has 0 bridgehead atoms. The number of rotatable bonds is 3. The quantitative estimate of drug-likeness (QED) is 0.889. The summed E-state index contributed by atoms with van der Waals surface area (Å²) in [5.74, 6) is 3.59. The lowest BCUT2D eigenvalue weighted by Crippen LogP contribution is -2.18. The van der Waals surface area contributed by atoms with E-state index in [0.29, 0.717) is 24.8 Å². The fourth-order valence-electron chi connectivity index (χ4n) is 3.50. The standard InChI is InChI=1S/C15H25N3O2/c1-9(2)10-3-5-11(6-4-10)14-17-15(20-18-14)13-7-12(19)8-16-13/h9-13,16,19H,3-8H2,1-2H3. The number of hydrogen-bond acceptors (Lipinski definition) is 5. The summed E-state index contributed by atoms with van der Waals surface area (Å²) in [6.45, 7) is 5.24. The highest BCUT2D eigenvalue weighted by Crippen LogP contribution is 2.38. The van der Waals surface area contributed by atoms with Gasteiger partial charge in [-0.05, 0) is 43.9 Å². The molecule has 2 heterocycles. The molecule has 5 heteroatoms. The van der Waals surface area contributed by atoms with Crippen molar-refractivity contribution in [3.63, 3.8) is 0 Å². The summed E-state index contributed by atoms with van der Waals surface area (Å²) in [5, 5.41) is 16.9. The van der Waals surface area contributed by atoms with Crippen LogP contribution in [0.4, 0.5) is 0 Å². The molecule has 1 saturated heterocycles. The number of aliphatic hydroxyl groups is 1. The van der Waals surface area contributed by atoms with Crippen molar-refractivity contribution >= 4 is 0 Å². The Bertz CT molecular complexity index is 438. The van der Waals surface area contributed by atoms with E-state index < -0.39 is 0 Å². The smallest absolute Gasteiger partial charge is 0.243 e. The highest BCUT2D eigenvalue weighted by atomic mass is 16.5. The van der Waals surface area contributed by atoms with E-state index in [1.54, 1.807) is 0 Å². The second kappa shape index (κ2) is 5.82. The van der Waals surface area contributed by atoms with Crippen molar-refractivity contribution in [1.29, 1.82) is 0 Å². The van der Waals surface area contributed by atoms with Gasteiger partial charge in [-0.1, -0.05) is 19.0 Å². The SMILES string of the molecule is CC(C)C1CCC(c2noc(C3CC(O)CN3)n2)CC1. The summed E-state index contributed by atoms with van der Waals surface area (Å²) < 4.78 is 5.39. The summed E-state index contributed by atoms with van der Waals surface area (Å²) in [6, 6.07) is 0.0262. The third-order valence-corrected chi connectivity index (χ3v) is 4.94. The molecule has 2 fully saturated rings. The minimum Gasteiger partial charge on any atom is -0.392 e. The average Bonchev–Trinajstić information content (AvgIpc) is 3.07. The van der Waals surface area contributed by atoms with Crippen molar-refractivity contribution in [3.8, 4) is 0 Å². The van der Waals surface area contributed by atoms with Crippen LogP contribution in [0.5, 0.6) is 0 Å². The van der Waals surface area contributed by atoms with E-state index in [0.717, 1.165) is 17.7 Å².